The van der Waals surface area contributed by atoms with Gasteiger partial charge in [0, 0.05) is 43.6 Å². The van der Waals surface area contributed by atoms with E-state index in [1.165, 1.54) is 18.2 Å². The van der Waals surface area contributed by atoms with Crippen LogP contribution in [0.5, 0.6) is 5.88 Å². The van der Waals surface area contributed by atoms with Crippen molar-refractivity contribution < 1.29 is 23.2 Å². The number of fused-ring (bicyclic) bond motifs is 2. The molecule has 2 fully saturated rings. The maximum Gasteiger partial charge on any atom is 0.229 e. The van der Waals surface area contributed by atoms with Gasteiger partial charge in [-0.1, -0.05) is 23.4 Å². The molecule has 2 saturated heterocycles. The van der Waals surface area contributed by atoms with Crippen molar-refractivity contribution in [2.45, 2.75) is 18.9 Å². The van der Waals surface area contributed by atoms with E-state index < -0.39 is 5.82 Å². The Labute approximate surface area is 241 Å². The number of aromatic amines is 1. The Bertz CT molecular complexity index is 1750. The Hall–Kier alpha value is -4.35. The van der Waals surface area contributed by atoms with Gasteiger partial charge in [0.05, 0.1) is 43.1 Å². The van der Waals surface area contributed by atoms with E-state index in [2.05, 4.69) is 20.0 Å². The first kappa shape index (κ1) is 26.5. The summed E-state index contributed by atoms with van der Waals surface area (Å²) >= 11 is 0. The fourth-order valence-electron chi connectivity index (χ4n) is 6.05. The van der Waals surface area contributed by atoms with Crippen molar-refractivity contribution in [3.8, 4) is 17.1 Å². The van der Waals surface area contributed by atoms with Crippen LogP contribution in [-0.2, 0) is 16.0 Å². The van der Waals surface area contributed by atoms with Crippen LogP contribution in [0.4, 0.5) is 4.39 Å². The second-order valence-electron chi connectivity index (χ2n) is 11.0. The maximum absolute atomic E-state index is 14.0. The topological polar surface area (TPSA) is 110 Å². The predicted octanol–water partition coefficient (Wildman–Crippen LogP) is 4.38. The molecule has 1 unspecified atom stereocenters. The van der Waals surface area contributed by atoms with Gasteiger partial charge >= 0.3 is 0 Å². The average molecular weight is 571 g/mol. The van der Waals surface area contributed by atoms with Gasteiger partial charge in [-0.25, -0.2) is 14.4 Å². The molecule has 3 aromatic heterocycles. The van der Waals surface area contributed by atoms with Crippen LogP contribution in [0, 0.1) is 11.7 Å². The van der Waals surface area contributed by atoms with Gasteiger partial charge in [-0.2, -0.15) is 0 Å². The number of carbonyl (C=O) groups is 1. The number of nitrogens with one attached hydrogen (secondary N) is 1. The first-order chi connectivity index (χ1) is 20.6. The number of hydrogen-bond donors (Lipinski definition) is 1. The second-order valence-corrected chi connectivity index (χ2v) is 11.0. The Morgan fingerprint density at radius 3 is 2.95 bits per heavy atom. The summed E-state index contributed by atoms with van der Waals surface area (Å²) in [5.41, 5.74) is 3.26. The molecular formula is C31H31FN6O4. The van der Waals surface area contributed by atoms with Crippen molar-refractivity contribution >= 4 is 27.8 Å². The molecule has 5 aromatic rings. The third-order valence-electron chi connectivity index (χ3n) is 8.23. The summed E-state index contributed by atoms with van der Waals surface area (Å²) < 4.78 is 30.5. The number of imidazole rings is 1. The Morgan fingerprint density at radius 1 is 1.19 bits per heavy atom. The lowest BCUT2D eigenvalue weighted by molar-refractivity contribution is -0.136. The minimum absolute atomic E-state index is 0.000594. The van der Waals surface area contributed by atoms with E-state index in [1.807, 2.05) is 35.2 Å². The number of halogens is 1. The number of ether oxygens (including phenoxy) is 2. The maximum atomic E-state index is 14.0. The fraction of sp³-hybridized carbons (Fsp3) is 0.355. The molecule has 42 heavy (non-hydrogen) atoms. The quantitative estimate of drug-likeness (QED) is 0.307. The molecule has 10 nitrogen and oxygen atoms in total. The molecular weight excluding hydrogens is 539 g/mol. The summed E-state index contributed by atoms with van der Waals surface area (Å²) in [5.74, 6) is 1.13. The molecule has 2 aromatic carbocycles. The average Bonchev–Trinajstić information content (AvgIpc) is 3.79. The van der Waals surface area contributed by atoms with Crippen molar-refractivity contribution in [3.63, 3.8) is 0 Å². The van der Waals surface area contributed by atoms with Crippen LogP contribution in [0.25, 0.3) is 33.1 Å². The van der Waals surface area contributed by atoms with Crippen molar-refractivity contribution in [3.05, 3.63) is 72.1 Å². The number of rotatable bonds is 7. The van der Waals surface area contributed by atoms with Crippen LogP contribution in [0.15, 0.2) is 59.3 Å². The van der Waals surface area contributed by atoms with Crippen molar-refractivity contribution in [2.24, 2.45) is 5.92 Å². The van der Waals surface area contributed by atoms with E-state index in [0.29, 0.717) is 47.4 Å². The number of methoxy groups -OCH3 is 1. The number of para-hydroxylation sites is 1. The molecule has 0 aliphatic carbocycles. The lowest BCUT2D eigenvalue weighted by atomic mass is 10.0. The number of carbonyl (C=O) groups excluding carboxylic acids is 1. The van der Waals surface area contributed by atoms with Crippen LogP contribution in [-0.4, -0.2) is 82.3 Å². The van der Waals surface area contributed by atoms with Gasteiger partial charge in [-0.15, -0.1) is 0 Å². The summed E-state index contributed by atoms with van der Waals surface area (Å²) in [5, 5.41) is 5.58. The van der Waals surface area contributed by atoms with Gasteiger partial charge in [0.1, 0.15) is 23.4 Å². The molecule has 0 bridgehead atoms. The van der Waals surface area contributed by atoms with Gasteiger partial charge in [0.15, 0.2) is 5.58 Å². The molecule has 5 heterocycles. The molecule has 2 atom stereocenters. The van der Waals surface area contributed by atoms with Crippen molar-refractivity contribution in [2.75, 3.05) is 46.5 Å². The largest absolute Gasteiger partial charge is 0.480 e. The van der Waals surface area contributed by atoms with Crippen LogP contribution in [0.1, 0.15) is 24.0 Å². The second kappa shape index (κ2) is 11.1. The van der Waals surface area contributed by atoms with E-state index in [-0.39, 0.29) is 18.4 Å². The lowest BCUT2D eigenvalue weighted by Gasteiger charge is -2.41. The zero-order valence-corrected chi connectivity index (χ0v) is 23.3. The normalized spacial score (nSPS) is 19.6. The van der Waals surface area contributed by atoms with Crippen LogP contribution in [0.3, 0.4) is 0 Å². The number of aromatic nitrogens is 4. The Balaban J connectivity index is 1.19. The SMILES string of the molecule is COc1nc2ccccc2cc1-c1cnc([C@@H]2CN(CC3CCOC3)CCN2C(=O)Cc2noc3ccc(F)cc23)[nH]1. The Morgan fingerprint density at radius 2 is 2.10 bits per heavy atom. The van der Waals surface area contributed by atoms with E-state index >= 15 is 0 Å². The lowest BCUT2D eigenvalue weighted by Crippen LogP contribution is -2.52. The van der Waals surface area contributed by atoms with Gasteiger partial charge < -0.3 is 23.9 Å². The van der Waals surface area contributed by atoms with E-state index in [0.717, 1.165) is 54.9 Å². The minimum atomic E-state index is -0.400. The van der Waals surface area contributed by atoms with Crippen LogP contribution in [0.2, 0.25) is 0 Å². The van der Waals surface area contributed by atoms with E-state index in [1.54, 1.807) is 13.3 Å². The molecule has 2 aliphatic rings. The molecule has 0 spiro atoms. The summed E-state index contributed by atoms with van der Waals surface area (Å²) in [6.07, 6.45) is 2.81. The molecule has 11 heteroatoms. The van der Waals surface area contributed by atoms with Crippen LogP contribution >= 0.6 is 0 Å². The highest BCUT2D eigenvalue weighted by molar-refractivity contribution is 5.87. The number of amides is 1. The third-order valence-corrected chi connectivity index (χ3v) is 8.23. The smallest absolute Gasteiger partial charge is 0.229 e. The first-order valence-corrected chi connectivity index (χ1v) is 14.2. The van der Waals surface area contributed by atoms with Gasteiger partial charge in [-0.05, 0) is 42.7 Å². The molecule has 1 amide bonds. The fourth-order valence-corrected chi connectivity index (χ4v) is 6.05. The van der Waals surface area contributed by atoms with Gasteiger partial charge in [-0.3, -0.25) is 9.69 Å². The highest BCUT2D eigenvalue weighted by Crippen LogP contribution is 2.33. The van der Waals surface area contributed by atoms with E-state index in [4.69, 9.17) is 19.0 Å². The third kappa shape index (κ3) is 5.10. The zero-order valence-electron chi connectivity index (χ0n) is 23.3. The number of hydrogen-bond acceptors (Lipinski definition) is 8. The standard InChI is InChI=1S/C31H31FN6O4/c1-40-31-23(12-20-4-2-3-5-24(20)35-31)26-15-33-30(34-26)27-17-37(16-19-8-11-41-18-19)9-10-38(27)29(39)14-25-22-13-21(32)6-7-28(22)42-36-25/h2-7,12-13,15,19,27H,8-11,14,16-18H2,1H3,(H,33,34)/t19?,27-/m0/s1. The summed E-state index contributed by atoms with van der Waals surface area (Å²) in [4.78, 5) is 30.9. The minimum Gasteiger partial charge on any atom is -0.480 e. The highest BCUT2D eigenvalue weighted by atomic mass is 19.1. The predicted molar refractivity (Wildman–Crippen MR) is 153 cm³/mol. The summed E-state index contributed by atoms with van der Waals surface area (Å²) in [7, 11) is 1.60. The van der Waals surface area contributed by atoms with Crippen molar-refractivity contribution in [1.29, 1.82) is 0 Å². The Kier molecular flexibility index (Phi) is 7.04. The summed E-state index contributed by atoms with van der Waals surface area (Å²) in [6, 6.07) is 13.8. The number of benzene rings is 2. The van der Waals surface area contributed by atoms with Crippen LogP contribution < -0.4 is 4.74 Å². The number of piperazine rings is 1. The van der Waals surface area contributed by atoms with Gasteiger partial charge in [0.25, 0.3) is 0 Å². The number of H-pyrrole nitrogens is 1. The number of pyridine rings is 1. The highest BCUT2D eigenvalue weighted by Gasteiger charge is 2.35. The van der Waals surface area contributed by atoms with Gasteiger partial charge in [0.2, 0.25) is 11.8 Å². The monoisotopic (exact) mass is 570 g/mol. The molecule has 1 N–H and O–H groups in total. The molecule has 216 valence electrons. The molecule has 2 aliphatic heterocycles. The van der Waals surface area contributed by atoms with Crippen molar-refractivity contribution in [1.82, 2.24) is 29.9 Å². The first-order valence-electron chi connectivity index (χ1n) is 14.2. The summed E-state index contributed by atoms with van der Waals surface area (Å²) in [6.45, 7) is 4.35. The number of nitrogens with zero attached hydrogens (tertiary/aromatic N) is 5. The molecule has 7 rings (SSSR count). The molecule has 0 saturated carbocycles. The molecule has 0 radical (unpaired) electrons. The van der Waals surface area contributed by atoms with E-state index in [9.17, 15) is 9.18 Å². The zero-order chi connectivity index (χ0) is 28.6.